The highest BCUT2D eigenvalue weighted by Crippen LogP contribution is 2.45. The van der Waals surface area contributed by atoms with Crippen LogP contribution in [0.15, 0.2) is 66.7 Å². The van der Waals surface area contributed by atoms with E-state index in [2.05, 4.69) is 0 Å². The molecule has 2 aliphatic rings. The van der Waals surface area contributed by atoms with Crippen LogP contribution in [0.25, 0.3) is 11.0 Å². The minimum atomic E-state index is -5.42. The Kier molecular flexibility index (Phi) is 7.31. The van der Waals surface area contributed by atoms with Crippen molar-refractivity contribution >= 4 is 38.6 Å². The van der Waals surface area contributed by atoms with E-state index in [9.17, 15) is 36.6 Å². The van der Waals surface area contributed by atoms with E-state index in [1.165, 1.54) is 12.1 Å². The summed E-state index contributed by atoms with van der Waals surface area (Å²) in [5, 5.41) is 22.3. The van der Waals surface area contributed by atoms with E-state index in [4.69, 9.17) is 16.6 Å². The molecule has 4 aromatic rings. The number of halogens is 4. The molecule has 1 atom stereocenters. The van der Waals surface area contributed by atoms with E-state index in [-0.39, 0.29) is 43.5 Å². The molecule has 6 rings (SSSR count). The lowest BCUT2D eigenvalue weighted by atomic mass is 9.80. The van der Waals surface area contributed by atoms with Crippen LogP contribution < -0.4 is 0 Å². The minimum Gasteiger partial charge on any atom is -0.478 e. The molecule has 0 spiro atoms. The first-order valence-corrected chi connectivity index (χ1v) is 15.5. The average molecular weight is 634 g/mol. The van der Waals surface area contributed by atoms with Crippen LogP contribution in [0.2, 0.25) is 5.02 Å². The lowest BCUT2D eigenvalue weighted by Gasteiger charge is -2.33. The first-order chi connectivity index (χ1) is 20.3. The highest BCUT2D eigenvalue weighted by Gasteiger charge is 2.50. The number of imidazole rings is 1. The number of aliphatic hydroxyl groups is 1. The second-order valence-electron chi connectivity index (χ2n) is 11.0. The van der Waals surface area contributed by atoms with Crippen LogP contribution >= 0.6 is 11.6 Å². The van der Waals surface area contributed by atoms with E-state index >= 15 is 0 Å². The van der Waals surface area contributed by atoms with Gasteiger partial charge in [0.05, 0.1) is 16.6 Å². The van der Waals surface area contributed by atoms with Crippen molar-refractivity contribution < 1.29 is 36.6 Å². The minimum absolute atomic E-state index is 0.0590. The number of nitrogens with zero attached hydrogens (tertiary/aromatic N) is 3. The molecule has 2 N–H and O–H groups in total. The van der Waals surface area contributed by atoms with Gasteiger partial charge in [-0.15, -0.1) is 0 Å². The zero-order valence-electron chi connectivity index (χ0n) is 22.6. The topological polar surface area (TPSA) is 113 Å². The SMILES string of the molecule is O=C(O)c1ccc(C(O)(c2ccc(Cl)cc2)c2ccc3nc(C4CC4)n(C4CCN(S(=O)(=O)C(F)(F)F)CC4)c3c2)cc1. The Morgan fingerprint density at radius 1 is 0.884 bits per heavy atom. The summed E-state index contributed by atoms with van der Waals surface area (Å²) in [4.78, 5) is 16.3. The van der Waals surface area contributed by atoms with Crippen LogP contribution in [0.3, 0.4) is 0 Å². The number of carboxylic acid groups (broad SMARTS) is 1. The number of hydrogen-bond acceptors (Lipinski definition) is 5. The highest BCUT2D eigenvalue weighted by molar-refractivity contribution is 7.90. The van der Waals surface area contributed by atoms with Crippen LogP contribution in [-0.2, 0) is 15.6 Å². The number of fused-ring (bicyclic) bond motifs is 1. The van der Waals surface area contributed by atoms with Gasteiger partial charge in [-0.3, -0.25) is 0 Å². The Morgan fingerprint density at radius 2 is 1.44 bits per heavy atom. The smallest absolute Gasteiger partial charge is 0.478 e. The maximum Gasteiger partial charge on any atom is 0.511 e. The number of rotatable bonds is 7. The summed E-state index contributed by atoms with van der Waals surface area (Å²) >= 11 is 6.13. The zero-order chi connectivity index (χ0) is 30.7. The second-order valence-corrected chi connectivity index (χ2v) is 13.4. The quantitative estimate of drug-likeness (QED) is 0.240. The normalized spacial score (nSPS) is 18.5. The Bertz CT molecular complexity index is 1800. The van der Waals surface area contributed by atoms with Crippen molar-refractivity contribution in [3.8, 4) is 0 Å². The lowest BCUT2D eigenvalue weighted by Crippen LogP contribution is -2.45. The number of aromatic carboxylic acids is 1. The van der Waals surface area contributed by atoms with Crippen molar-refractivity contribution in [3.05, 3.63) is 99.8 Å². The average Bonchev–Trinajstić information content (AvgIpc) is 3.76. The summed E-state index contributed by atoms with van der Waals surface area (Å²) in [6.07, 6.45) is 2.18. The number of aromatic nitrogens is 2. The van der Waals surface area contributed by atoms with Crippen LogP contribution in [0.4, 0.5) is 13.2 Å². The van der Waals surface area contributed by atoms with Crippen LogP contribution in [0, 0.1) is 0 Å². The molecule has 1 unspecified atom stereocenters. The standard InChI is InChI=1S/C30H27ClF3N3O5S/c31-23-10-7-21(8-11-23)29(40,20-5-3-19(4-6-20)28(38)39)22-9-12-25-26(17-22)37(27(35-25)18-1-2-18)24-13-15-36(16-14-24)43(41,42)30(32,33)34/h3-12,17-18,24,40H,1-2,13-16H2,(H,38,39). The van der Waals surface area contributed by atoms with Crippen molar-refractivity contribution in [1.82, 2.24) is 13.9 Å². The van der Waals surface area contributed by atoms with Crippen molar-refractivity contribution in [3.63, 3.8) is 0 Å². The van der Waals surface area contributed by atoms with Gasteiger partial charge in [-0.2, -0.15) is 17.5 Å². The third kappa shape index (κ3) is 5.20. The third-order valence-electron chi connectivity index (χ3n) is 8.31. The summed E-state index contributed by atoms with van der Waals surface area (Å²) < 4.78 is 66.1. The van der Waals surface area contributed by atoms with Crippen molar-refractivity contribution in [2.24, 2.45) is 0 Å². The van der Waals surface area contributed by atoms with Gasteiger partial charge in [-0.1, -0.05) is 41.9 Å². The molecule has 13 heteroatoms. The predicted molar refractivity (Wildman–Crippen MR) is 153 cm³/mol. The van der Waals surface area contributed by atoms with E-state index < -0.39 is 27.1 Å². The Labute approximate surface area is 250 Å². The van der Waals surface area contributed by atoms with Gasteiger partial charge in [0, 0.05) is 30.1 Å². The number of alkyl halides is 3. The summed E-state index contributed by atoms with van der Waals surface area (Å²) in [6, 6.07) is 17.6. The number of sulfonamides is 1. The van der Waals surface area contributed by atoms with Gasteiger partial charge in [-0.05, 0) is 78.8 Å². The fourth-order valence-corrected chi connectivity index (χ4v) is 6.99. The summed E-state index contributed by atoms with van der Waals surface area (Å²) in [5.74, 6) is -0.120. The molecule has 2 heterocycles. The monoisotopic (exact) mass is 633 g/mol. The van der Waals surface area contributed by atoms with E-state index in [1.807, 2.05) is 4.57 Å². The predicted octanol–water partition coefficient (Wildman–Crippen LogP) is 6.04. The highest BCUT2D eigenvalue weighted by atomic mass is 35.5. The van der Waals surface area contributed by atoms with Gasteiger partial charge >= 0.3 is 21.5 Å². The van der Waals surface area contributed by atoms with E-state index in [1.54, 1.807) is 54.6 Å². The molecule has 1 aliphatic heterocycles. The molecule has 8 nitrogen and oxygen atoms in total. The summed E-state index contributed by atoms with van der Waals surface area (Å²) in [5.41, 5.74) is -4.34. The molecule has 1 saturated carbocycles. The van der Waals surface area contributed by atoms with Gasteiger partial charge in [0.15, 0.2) is 0 Å². The largest absolute Gasteiger partial charge is 0.511 e. The molecule has 1 saturated heterocycles. The lowest BCUT2D eigenvalue weighted by molar-refractivity contribution is -0.0496. The molecular formula is C30H27ClF3N3O5S. The first-order valence-electron chi connectivity index (χ1n) is 13.7. The number of carbonyl (C=O) groups is 1. The van der Waals surface area contributed by atoms with Gasteiger partial charge in [0.1, 0.15) is 11.4 Å². The first kappa shape index (κ1) is 29.6. The molecule has 1 aromatic heterocycles. The third-order valence-corrected chi connectivity index (χ3v) is 10.2. The van der Waals surface area contributed by atoms with Crippen LogP contribution in [0.1, 0.15) is 70.5 Å². The molecule has 3 aromatic carbocycles. The molecule has 226 valence electrons. The number of piperidine rings is 1. The number of carboxylic acids is 1. The van der Waals surface area contributed by atoms with Gasteiger partial charge in [-0.25, -0.2) is 18.2 Å². The number of hydrogen-bond donors (Lipinski definition) is 2. The fourth-order valence-electron chi connectivity index (χ4n) is 5.88. The van der Waals surface area contributed by atoms with Crippen molar-refractivity contribution in [1.29, 1.82) is 0 Å². The fraction of sp³-hybridized carbons (Fsp3) is 0.333. The molecule has 1 aliphatic carbocycles. The molecule has 0 bridgehead atoms. The maximum atomic E-state index is 13.2. The second kappa shape index (κ2) is 10.6. The van der Waals surface area contributed by atoms with Crippen LogP contribution in [-0.4, -0.2) is 57.1 Å². The summed E-state index contributed by atoms with van der Waals surface area (Å²) in [7, 11) is -5.42. The van der Waals surface area contributed by atoms with Gasteiger partial charge in [0.2, 0.25) is 0 Å². The molecule has 43 heavy (non-hydrogen) atoms. The van der Waals surface area contributed by atoms with Crippen LogP contribution in [0.5, 0.6) is 0 Å². The Balaban J connectivity index is 1.45. The molecule has 0 radical (unpaired) electrons. The van der Waals surface area contributed by atoms with Crippen molar-refractivity contribution in [2.75, 3.05) is 13.1 Å². The van der Waals surface area contributed by atoms with Gasteiger partial charge in [0.25, 0.3) is 0 Å². The van der Waals surface area contributed by atoms with E-state index in [0.717, 1.165) is 18.7 Å². The molecule has 0 amide bonds. The Hall–Kier alpha value is -3.45. The van der Waals surface area contributed by atoms with Crippen molar-refractivity contribution in [2.45, 2.75) is 48.8 Å². The summed E-state index contributed by atoms with van der Waals surface area (Å²) in [6.45, 7) is -0.554. The van der Waals surface area contributed by atoms with Gasteiger partial charge < -0.3 is 14.8 Å². The Morgan fingerprint density at radius 3 is 1.98 bits per heavy atom. The van der Waals surface area contributed by atoms with E-state index in [0.29, 0.717) is 37.1 Å². The number of benzene rings is 3. The maximum absolute atomic E-state index is 13.2. The molecular weight excluding hydrogens is 607 g/mol. The zero-order valence-corrected chi connectivity index (χ0v) is 24.2. The molecule has 2 fully saturated rings.